The topological polar surface area (TPSA) is 29.8 Å². The Kier molecular flexibility index (Phi) is 5.18. The monoisotopic (exact) mass is 366 g/mol. The number of piperazine rings is 1. The van der Waals surface area contributed by atoms with E-state index in [-0.39, 0.29) is 0 Å². The van der Waals surface area contributed by atoms with E-state index in [1.807, 2.05) is 18.2 Å². The standard InChI is InChI=1S/C21H23N3OS/c1-25-20-9-7-19(8-10-20)24-13-11-23(12-14-24)15-18-16-26-21(22-18)17-5-3-2-4-6-17/h2-10,16H,11-15H2,1H3/p+1. The molecule has 0 saturated carbocycles. The van der Waals surface area contributed by atoms with Gasteiger partial charge < -0.3 is 14.5 Å². The fourth-order valence-corrected chi connectivity index (χ4v) is 4.23. The van der Waals surface area contributed by atoms with Crippen LogP contribution < -0.4 is 14.5 Å². The zero-order valence-electron chi connectivity index (χ0n) is 15.0. The molecule has 0 radical (unpaired) electrons. The molecule has 3 aromatic rings. The summed E-state index contributed by atoms with van der Waals surface area (Å²) in [5.41, 5.74) is 3.70. The van der Waals surface area contributed by atoms with Crippen molar-refractivity contribution in [2.75, 3.05) is 38.2 Å². The van der Waals surface area contributed by atoms with Crippen molar-refractivity contribution in [3.63, 3.8) is 0 Å². The van der Waals surface area contributed by atoms with E-state index in [1.54, 1.807) is 23.3 Å². The number of aromatic nitrogens is 1. The lowest BCUT2D eigenvalue weighted by atomic mass is 10.2. The van der Waals surface area contributed by atoms with Gasteiger partial charge >= 0.3 is 0 Å². The van der Waals surface area contributed by atoms with Gasteiger partial charge in [-0.3, -0.25) is 0 Å². The summed E-state index contributed by atoms with van der Waals surface area (Å²) in [4.78, 5) is 8.91. The third-order valence-corrected chi connectivity index (χ3v) is 5.85. The molecule has 0 spiro atoms. The number of thiazole rings is 1. The summed E-state index contributed by atoms with van der Waals surface area (Å²) < 4.78 is 5.25. The number of anilines is 1. The summed E-state index contributed by atoms with van der Waals surface area (Å²) in [5.74, 6) is 0.913. The van der Waals surface area contributed by atoms with E-state index in [0.717, 1.165) is 43.5 Å². The highest BCUT2D eigenvalue weighted by atomic mass is 32.1. The predicted octanol–water partition coefficient (Wildman–Crippen LogP) is 2.72. The van der Waals surface area contributed by atoms with Crippen LogP contribution in [0.5, 0.6) is 5.75 Å². The Morgan fingerprint density at radius 2 is 1.77 bits per heavy atom. The van der Waals surface area contributed by atoms with Gasteiger partial charge in [-0.25, -0.2) is 4.98 Å². The smallest absolute Gasteiger partial charge is 0.123 e. The maximum Gasteiger partial charge on any atom is 0.123 e. The van der Waals surface area contributed by atoms with Crippen LogP contribution in [0.15, 0.2) is 60.0 Å². The number of benzene rings is 2. The summed E-state index contributed by atoms with van der Waals surface area (Å²) in [7, 11) is 1.71. The maximum atomic E-state index is 5.25. The Morgan fingerprint density at radius 1 is 1.04 bits per heavy atom. The number of hydrogen-bond donors (Lipinski definition) is 1. The van der Waals surface area contributed by atoms with Crippen LogP contribution in [0.1, 0.15) is 5.69 Å². The van der Waals surface area contributed by atoms with Crippen LogP contribution >= 0.6 is 11.3 Å². The Morgan fingerprint density at radius 3 is 2.46 bits per heavy atom. The molecule has 0 aliphatic carbocycles. The SMILES string of the molecule is COc1ccc(N2CC[NH+](Cc3csc(-c4ccccc4)n3)CC2)cc1. The Labute approximate surface area is 158 Å². The van der Waals surface area contributed by atoms with Crippen molar-refractivity contribution in [1.29, 1.82) is 0 Å². The highest BCUT2D eigenvalue weighted by Gasteiger charge is 2.21. The van der Waals surface area contributed by atoms with Crippen LogP contribution in [-0.4, -0.2) is 38.3 Å². The van der Waals surface area contributed by atoms with Crippen LogP contribution in [0.2, 0.25) is 0 Å². The van der Waals surface area contributed by atoms with Crippen molar-refractivity contribution in [3.05, 3.63) is 65.7 Å². The lowest BCUT2D eigenvalue weighted by molar-refractivity contribution is -0.914. The first-order valence-electron chi connectivity index (χ1n) is 9.04. The molecular weight excluding hydrogens is 342 g/mol. The molecule has 26 heavy (non-hydrogen) atoms. The minimum atomic E-state index is 0.913. The molecule has 134 valence electrons. The molecule has 2 heterocycles. The average Bonchev–Trinajstić information content (AvgIpc) is 3.18. The second-order valence-electron chi connectivity index (χ2n) is 6.62. The summed E-state index contributed by atoms with van der Waals surface area (Å²) in [5, 5.41) is 3.34. The molecule has 1 fully saturated rings. The molecule has 2 aromatic carbocycles. The lowest BCUT2D eigenvalue weighted by Gasteiger charge is -2.33. The number of methoxy groups -OCH3 is 1. The molecule has 1 aliphatic rings. The molecule has 1 saturated heterocycles. The highest BCUT2D eigenvalue weighted by Crippen LogP contribution is 2.23. The largest absolute Gasteiger partial charge is 0.497 e. The minimum absolute atomic E-state index is 0.913. The summed E-state index contributed by atoms with van der Waals surface area (Å²) in [6.07, 6.45) is 0. The molecule has 1 N–H and O–H groups in total. The van der Waals surface area contributed by atoms with Gasteiger partial charge in [-0.1, -0.05) is 30.3 Å². The number of hydrogen-bond acceptors (Lipinski definition) is 4. The predicted molar refractivity (Wildman–Crippen MR) is 107 cm³/mol. The molecule has 4 rings (SSSR count). The van der Waals surface area contributed by atoms with Gasteiger partial charge in [-0.2, -0.15) is 0 Å². The molecule has 0 amide bonds. The number of nitrogens with one attached hydrogen (secondary N) is 1. The van der Waals surface area contributed by atoms with Gasteiger partial charge in [0.1, 0.15) is 23.0 Å². The van der Waals surface area contributed by atoms with Crippen LogP contribution in [0.3, 0.4) is 0 Å². The first kappa shape index (κ1) is 17.1. The van der Waals surface area contributed by atoms with Crippen molar-refractivity contribution in [2.24, 2.45) is 0 Å². The van der Waals surface area contributed by atoms with Gasteiger partial charge in [0, 0.05) is 16.6 Å². The molecule has 1 aromatic heterocycles. The van der Waals surface area contributed by atoms with E-state index in [4.69, 9.17) is 9.72 Å². The van der Waals surface area contributed by atoms with Crippen LogP contribution in [0.4, 0.5) is 5.69 Å². The molecule has 0 atom stereocenters. The minimum Gasteiger partial charge on any atom is -0.497 e. The molecular formula is C21H24N3OS+. The molecule has 1 aliphatic heterocycles. The number of ether oxygens (including phenoxy) is 1. The first-order chi connectivity index (χ1) is 12.8. The number of nitrogens with zero attached hydrogens (tertiary/aromatic N) is 2. The van der Waals surface area contributed by atoms with E-state index in [1.165, 1.54) is 16.9 Å². The molecule has 0 unspecified atom stereocenters. The Hall–Kier alpha value is -2.37. The van der Waals surface area contributed by atoms with Crippen LogP contribution in [0.25, 0.3) is 10.6 Å². The highest BCUT2D eigenvalue weighted by molar-refractivity contribution is 7.13. The third-order valence-electron chi connectivity index (χ3n) is 4.91. The van der Waals surface area contributed by atoms with E-state index >= 15 is 0 Å². The Balaban J connectivity index is 1.33. The maximum absolute atomic E-state index is 5.25. The summed E-state index contributed by atoms with van der Waals surface area (Å²) in [6, 6.07) is 18.8. The average molecular weight is 367 g/mol. The number of rotatable bonds is 5. The second-order valence-corrected chi connectivity index (χ2v) is 7.48. The second kappa shape index (κ2) is 7.89. The molecule has 4 nitrogen and oxygen atoms in total. The van der Waals surface area contributed by atoms with Crippen molar-refractivity contribution in [3.8, 4) is 16.3 Å². The van der Waals surface area contributed by atoms with Gasteiger partial charge in [0.15, 0.2) is 0 Å². The van der Waals surface area contributed by atoms with Gasteiger partial charge in [-0.05, 0) is 24.3 Å². The summed E-state index contributed by atoms with van der Waals surface area (Å²) in [6.45, 7) is 5.46. The van der Waals surface area contributed by atoms with E-state index < -0.39 is 0 Å². The van der Waals surface area contributed by atoms with Gasteiger partial charge in [-0.15, -0.1) is 11.3 Å². The third kappa shape index (κ3) is 3.89. The fraction of sp³-hybridized carbons (Fsp3) is 0.286. The first-order valence-corrected chi connectivity index (χ1v) is 9.92. The van der Waals surface area contributed by atoms with E-state index in [0.29, 0.717) is 0 Å². The van der Waals surface area contributed by atoms with E-state index in [9.17, 15) is 0 Å². The number of quaternary nitrogens is 1. The zero-order chi connectivity index (χ0) is 17.8. The quantitative estimate of drug-likeness (QED) is 0.753. The zero-order valence-corrected chi connectivity index (χ0v) is 15.8. The van der Waals surface area contributed by atoms with Crippen molar-refractivity contribution in [2.45, 2.75) is 6.54 Å². The molecule has 5 heteroatoms. The normalized spacial score (nSPS) is 15.2. The van der Waals surface area contributed by atoms with Crippen LogP contribution in [0, 0.1) is 0 Å². The van der Waals surface area contributed by atoms with Crippen molar-refractivity contribution >= 4 is 17.0 Å². The Bertz CT molecular complexity index is 824. The van der Waals surface area contributed by atoms with Crippen LogP contribution in [-0.2, 0) is 6.54 Å². The lowest BCUT2D eigenvalue weighted by Crippen LogP contribution is -3.13. The molecule has 0 bridgehead atoms. The van der Waals surface area contributed by atoms with Gasteiger partial charge in [0.2, 0.25) is 0 Å². The van der Waals surface area contributed by atoms with Gasteiger partial charge in [0.05, 0.1) is 33.3 Å². The van der Waals surface area contributed by atoms with Crippen molar-refractivity contribution < 1.29 is 9.64 Å². The fourth-order valence-electron chi connectivity index (χ4n) is 3.41. The van der Waals surface area contributed by atoms with Crippen molar-refractivity contribution in [1.82, 2.24) is 4.98 Å². The van der Waals surface area contributed by atoms with E-state index in [2.05, 4.69) is 46.7 Å². The van der Waals surface area contributed by atoms with Gasteiger partial charge in [0.25, 0.3) is 0 Å². The summed E-state index contributed by atoms with van der Waals surface area (Å²) >= 11 is 1.75.